The fraction of sp³-hybridized carbons (Fsp3) is 0.415. The van der Waals surface area contributed by atoms with Crippen LogP contribution in [-0.2, 0) is 38.3 Å². The Hall–Kier alpha value is -5.33. The number of anilines is 1. The van der Waals surface area contributed by atoms with Crippen LogP contribution in [0.1, 0.15) is 49.9 Å². The topological polar surface area (TPSA) is 93.7 Å². The highest BCUT2D eigenvalue weighted by molar-refractivity contribution is 5.95. The van der Waals surface area contributed by atoms with Gasteiger partial charge in [-0.2, -0.15) is 13.2 Å². The van der Waals surface area contributed by atoms with Gasteiger partial charge in [-0.3, -0.25) is 14.4 Å². The number of alkyl halides is 3. The molecule has 1 saturated heterocycles. The minimum absolute atomic E-state index is 0.0439. The van der Waals surface area contributed by atoms with E-state index in [-0.39, 0.29) is 37.9 Å². The molecule has 0 unspecified atom stereocenters. The van der Waals surface area contributed by atoms with E-state index in [9.17, 15) is 32.3 Å². The molecule has 0 aromatic heterocycles. The van der Waals surface area contributed by atoms with E-state index in [4.69, 9.17) is 4.74 Å². The Kier molecular flexibility index (Phi) is 13.9. The molecule has 3 aromatic carbocycles. The molecule has 0 saturated carbocycles. The molecule has 13 heteroatoms. The number of amides is 4. The van der Waals surface area contributed by atoms with Crippen molar-refractivity contribution in [2.75, 3.05) is 58.3 Å². The van der Waals surface area contributed by atoms with E-state index in [0.29, 0.717) is 31.7 Å². The number of halogens is 3. The molecule has 0 bridgehead atoms. The van der Waals surface area contributed by atoms with E-state index >= 15 is 0 Å². The van der Waals surface area contributed by atoms with Crippen LogP contribution in [-0.4, -0.2) is 108 Å². The van der Waals surface area contributed by atoms with E-state index in [0.717, 1.165) is 28.9 Å². The van der Waals surface area contributed by atoms with E-state index in [1.165, 1.54) is 39.0 Å². The van der Waals surface area contributed by atoms with Gasteiger partial charge in [-0.25, -0.2) is 4.79 Å². The maximum Gasteiger partial charge on any atom is 0.416 e. The van der Waals surface area contributed by atoms with Gasteiger partial charge < -0.3 is 29.2 Å². The van der Waals surface area contributed by atoms with Crippen molar-refractivity contribution in [3.63, 3.8) is 0 Å². The number of carbonyl (C=O) groups excluding carboxylic acids is 4. The Labute approximate surface area is 315 Å². The molecule has 3 aromatic rings. The van der Waals surface area contributed by atoms with Gasteiger partial charge in [0.15, 0.2) is 0 Å². The van der Waals surface area contributed by atoms with Gasteiger partial charge in [0.05, 0.1) is 5.56 Å². The van der Waals surface area contributed by atoms with Crippen LogP contribution in [0.4, 0.5) is 23.7 Å². The zero-order chi connectivity index (χ0) is 39.6. The minimum Gasteiger partial charge on any atom is -0.444 e. The Morgan fingerprint density at radius 3 is 1.94 bits per heavy atom. The maximum atomic E-state index is 14.4. The highest BCUT2D eigenvalue weighted by Gasteiger charge is 2.33. The number of nitrogens with zero attached hydrogens (tertiary/aromatic N) is 5. The molecule has 0 aliphatic carbocycles. The van der Waals surface area contributed by atoms with Crippen LogP contribution in [0.15, 0.2) is 84.9 Å². The molecule has 1 fully saturated rings. The molecule has 54 heavy (non-hydrogen) atoms. The Balaban J connectivity index is 1.63. The second-order valence-electron chi connectivity index (χ2n) is 14.4. The van der Waals surface area contributed by atoms with Gasteiger partial charge in [-0.1, -0.05) is 54.6 Å². The second kappa shape index (κ2) is 18.1. The van der Waals surface area contributed by atoms with Crippen molar-refractivity contribution in [3.05, 3.63) is 107 Å². The van der Waals surface area contributed by atoms with E-state index in [2.05, 4.69) is 4.90 Å². The van der Waals surface area contributed by atoms with Gasteiger partial charge >= 0.3 is 12.3 Å². The fourth-order valence-electron chi connectivity index (χ4n) is 5.94. The van der Waals surface area contributed by atoms with Crippen LogP contribution in [0.2, 0.25) is 0 Å². The Bertz CT molecular complexity index is 1750. The van der Waals surface area contributed by atoms with E-state index in [1.54, 1.807) is 41.8 Å². The van der Waals surface area contributed by atoms with Gasteiger partial charge in [0, 0.05) is 85.0 Å². The van der Waals surface area contributed by atoms with Crippen molar-refractivity contribution < 1.29 is 37.1 Å². The smallest absolute Gasteiger partial charge is 0.416 e. The van der Waals surface area contributed by atoms with Gasteiger partial charge in [0.1, 0.15) is 11.6 Å². The molecule has 290 valence electrons. The third-order valence-electron chi connectivity index (χ3n) is 9.10. The standard InChI is InChI=1S/C41H50F3N5O5/c1-30(50)47-24-26-48(27-25-47)35-19-14-33(15-20-35)29-49(37(51)21-16-31-12-17-34(18-13-31)41(42,43)44)36(28-32-10-8-7-9-11-32)38(52)45(5)22-23-46(6)39(53)54-40(2,3)4/h7-21,36H,22-29H2,1-6H3/t36-/m0/s1. The molecule has 4 rings (SSSR count). The first-order valence-corrected chi connectivity index (χ1v) is 17.9. The third-order valence-corrected chi connectivity index (χ3v) is 9.10. The van der Waals surface area contributed by atoms with Crippen LogP contribution in [0.5, 0.6) is 0 Å². The normalized spacial score (nSPS) is 14.1. The summed E-state index contributed by atoms with van der Waals surface area (Å²) in [5, 5.41) is 0. The lowest BCUT2D eigenvalue weighted by molar-refractivity contribution is -0.143. The first-order chi connectivity index (χ1) is 25.4. The summed E-state index contributed by atoms with van der Waals surface area (Å²) < 4.78 is 45.0. The van der Waals surface area contributed by atoms with Gasteiger partial charge in [-0.15, -0.1) is 0 Å². The van der Waals surface area contributed by atoms with Crippen molar-refractivity contribution in [2.45, 2.75) is 58.5 Å². The predicted octanol–water partition coefficient (Wildman–Crippen LogP) is 6.35. The van der Waals surface area contributed by atoms with Crippen molar-refractivity contribution >= 4 is 35.6 Å². The summed E-state index contributed by atoms with van der Waals surface area (Å²) in [6.45, 7) is 9.87. The van der Waals surface area contributed by atoms with Crippen molar-refractivity contribution in [3.8, 4) is 0 Å². The molecule has 0 spiro atoms. The number of likely N-dealkylation sites (N-methyl/N-ethyl adjacent to an activating group) is 2. The summed E-state index contributed by atoms with van der Waals surface area (Å²) in [5.41, 5.74) is 1.44. The summed E-state index contributed by atoms with van der Waals surface area (Å²) in [7, 11) is 3.20. The number of piperazine rings is 1. The average Bonchev–Trinajstić information content (AvgIpc) is 3.13. The number of hydrogen-bond donors (Lipinski definition) is 0. The predicted molar refractivity (Wildman–Crippen MR) is 202 cm³/mol. The molecule has 1 aliphatic rings. The first kappa shape index (κ1) is 41.4. The molecular weight excluding hydrogens is 699 g/mol. The number of rotatable bonds is 12. The highest BCUT2D eigenvalue weighted by Crippen LogP contribution is 2.29. The summed E-state index contributed by atoms with van der Waals surface area (Å²) in [5.74, 6) is -0.817. The van der Waals surface area contributed by atoms with Gasteiger partial charge in [0.25, 0.3) is 0 Å². The van der Waals surface area contributed by atoms with Crippen LogP contribution < -0.4 is 4.90 Å². The second-order valence-corrected chi connectivity index (χ2v) is 14.4. The van der Waals surface area contributed by atoms with Crippen LogP contribution in [0.25, 0.3) is 6.08 Å². The number of carbonyl (C=O) groups is 4. The molecule has 0 radical (unpaired) electrons. The first-order valence-electron chi connectivity index (χ1n) is 17.9. The SMILES string of the molecule is CC(=O)N1CCN(c2ccc(CN(C(=O)C=Cc3ccc(C(F)(F)F)cc3)[C@@H](Cc3ccccc3)C(=O)N(C)CCN(C)C(=O)OC(C)(C)C)cc2)CC1. The summed E-state index contributed by atoms with van der Waals surface area (Å²) in [6.07, 6.45) is -2.13. The maximum absolute atomic E-state index is 14.4. The van der Waals surface area contributed by atoms with Crippen LogP contribution >= 0.6 is 0 Å². The highest BCUT2D eigenvalue weighted by atomic mass is 19.4. The number of hydrogen-bond acceptors (Lipinski definition) is 6. The zero-order valence-corrected chi connectivity index (χ0v) is 31.8. The summed E-state index contributed by atoms with van der Waals surface area (Å²) >= 11 is 0. The van der Waals surface area contributed by atoms with Crippen LogP contribution in [0, 0.1) is 0 Å². The lowest BCUT2D eigenvalue weighted by atomic mass is 10.0. The van der Waals surface area contributed by atoms with Crippen molar-refractivity contribution in [2.24, 2.45) is 0 Å². The van der Waals surface area contributed by atoms with Crippen molar-refractivity contribution in [1.29, 1.82) is 0 Å². The van der Waals surface area contributed by atoms with E-state index in [1.807, 2.05) is 59.5 Å². The van der Waals surface area contributed by atoms with Gasteiger partial charge in [0.2, 0.25) is 17.7 Å². The third kappa shape index (κ3) is 12.1. The molecule has 1 atom stereocenters. The van der Waals surface area contributed by atoms with Crippen LogP contribution in [0.3, 0.4) is 0 Å². The molecule has 1 heterocycles. The Morgan fingerprint density at radius 1 is 0.796 bits per heavy atom. The molecule has 4 amide bonds. The zero-order valence-electron chi connectivity index (χ0n) is 31.8. The molecule has 1 aliphatic heterocycles. The summed E-state index contributed by atoms with van der Waals surface area (Å²) in [4.78, 5) is 61.3. The lowest BCUT2D eigenvalue weighted by Gasteiger charge is -2.36. The summed E-state index contributed by atoms with van der Waals surface area (Å²) in [6, 6.07) is 20.5. The average molecular weight is 750 g/mol. The molecule has 0 N–H and O–H groups in total. The Morgan fingerprint density at radius 2 is 1.39 bits per heavy atom. The number of benzene rings is 3. The quantitative estimate of drug-likeness (QED) is 0.201. The minimum atomic E-state index is -4.49. The largest absolute Gasteiger partial charge is 0.444 e. The van der Waals surface area contributed by atoms with Gasteiger partial charge in [-0.05, 0) is 67.8 Å². The lowest BCUT2D eigenvalue weighted by Crippen LogP contribution is -2.51. The number of ether oxygens (including phenoxy) is 1. The van der Waals surface area contributed by atoms with E-state index < -0.39 is 35.4 Å². The monoisotopic (exact) mass is 749 g/mol. The molecule has 10 nitrogen and oxygen atoms in total. The fourth-order valence-corrected chi connectivity index (χ4v) is 5.94. The molecular formula is C41H50F3N5O5. The van der Waals surface area contributed by atoms with Crippen molar-refractivity contribution in [1.82, 2.24) is 19.6 Å².